The number of aromatic hydroxyl groups is 2. The molecule has 4 nitrogen and oxygen atoms in total. The second-order valence-electron chi connectivity index (χ2n) is 5.88. The average molecular weight is 313 g/mol. The lowest BCUT2D eigenvalue weighted by molar-refractivity contribution is 0.0984. The molecule has 0 fully saturated rings. The van der Waals surface area contributed by atoms with Gasteiger partial charge in [0, 0.05) is 18.3 Å². The molecule has 0 aliphatic carbocycles. The Kier molecular flexibility index (Phi) is 5.27. The fourth-order valence-electron chi connectivity index (χ4n) is 2.55. The Morgan fingerprint density at radius 3 is 2.30 bits per heavy atom. The molecule has 0 unspecified atom stereocenters. The average Bonchev–Trinajstić information content (AvgIpc) is 2.52. The number of para-hydroxylation sites is 1. The Morgan fingerprint density at radius 1 is 1.09 bits per heavy atom. The molecule has 0 aliphatic heterocycles. The second-order valence-corrected chi connectivity index (χ2v) is 5.88. The first-order chi connectivity index (χ1) is 11.0. The van der Waals surface area contributed by atoms with E-state index >= 15 is 0 Å². The van der Waals surface area contributed by atoms with Crippen molar-refractivity contribution >= 4 is 11.6 Å². The maximum absolute atomic E-state index is 12.9. The lowest BCUT2D eigenvalue weighted by Crippen LogP contribution is -2.31. The van der Waals surface area contributed by atoms with Crippen molar-refractivity contribution in [1.29, 1.82) is 0 Å². The SMILES string of the molecule is CCCN(C(=O)c1cc(C(C)C)c(O)cc1O)c1ccccc1. The Bertz CT molecular complexity index is 681. The van der Waals surface area contributed by atoms with Gasteiger partial charge in [-0.15, -0.1) is 0 Å². The van der Waals surface area contributed by atoms with Gasteiger partial charge in [-0.25, -0.2) is 0 Å². The van der Waals surface area contributed by atoms with Crippen LogP contribution >= 0.6 is 0 Å². The number of rotatable bonds is 5. The van der Waals surface area contributed by atoms with Gasteiger partial charge in [0.25, 0.3) is 5.91 Å². The Balaban J connectivity index is 2.46. The second kappa shape index (κ2) is 7.18. The summed E-state index contributed by atoms with van der Waals surface area (Å²) in [6.45, 7) is 6.42. The van der Waals surface area contributed by atoms with Gasteiger partial charge in [0.15, 0.2) is 0 Å². The van der Waals surface area contributed by atoms with Crippen molar-refractivity contribution in [2.45, 2.75) is 33.1 Å². The minimum absolute atomic E-state index is 0.0100. The number of amides is 1. The third-order valence-electron chi connectivity index (χ3n) is 3.76. The van der Waals surface area contributed by atoms with Gasteiger partial charge in [0.05, 0.1) is 5.56 Å². The van der Waals surface area contributed by atoms with E-state index in [1.165, 1.54) is 6.07 Å². The summed E-state index contributed by atoms with van der Waals surface area (Å²) in [5.74, 6) is -0.402. The number of hydrogen-bond acceptors (Lipinski definition) is 3. The number of hydrogen-bond donors (Lipinski definition) is 2. The van der Waals surface area contributed by atoms with Crippen LogP contribution in [-0.2, 0) is 0 Å². The van der Waals surface area contributed by atoms with Crippen LogP contribution in [0, 0.1) is 0 Å². The fourth-order valence-corrected chi connectivity index (χ4v) is 2.55. The highest BCUT2D eigenvalue weighted by Crippen LogP contribution is 2.33. The smallest absolute Gasteiger partial charge is 0.262 e. The normalized spacial score (nSPS) is 10.8. The molecule has 4 heteroatoms. The number of carbonyl (C=O) groups is 1. The van der Waals surface area contributed by atoms with E-state index in [9.17, 15) is 15.0 Å². The van der Waals surface area contributed by atoms with Crippen molar-refractivity contribution in [2.75, 3.05) is 11.4 Å². The fraction of sp³-hybridized carbons (Fsp3) is 0.316. The van der Waals surface area contributed by atoms with Crippen molar-refractivity contribution in [3.63, 3.8) is 0 Å². The van der Waals surface area contributed by atoms with E-state index in [2.05, 4.69) is 0 Å². The third kappa shape index (κ3) is 3.65. The van der Waals surface area contributed by atoms with Crippen LogP contribution in [-0.4, -0.2) is 22.7 Å². The zero-order valence-corrected chi connectivity index (χ0v) is 13.8. The number of carbonyl (C=O) groups excluding carboxylic acids is 1. The first-order valence-electron chi connectivity index (χ1n) is 7.88. The molecule has 0 bridgehead atoms. The summed E-state index contributed by atoms with van der Waals surface area (Å²) < 4.78 is 0. The van der Waals surface area contributed by atoms with Crippen molar-refractivity contribution in [2.24, 2.45) is 0 Å². The summed E-state index contributed by atoms with van der Waals surface area (Å²) in [5, 5.41) is 20.1. The number of anilines is 1. The summed E-state index contributed by atoms with van der Waals surface area (Å²) in [4.78, 5) is 14.6. The summed E-state index contributed by atoms with van der Waals surface area (Å²) >= 11 is 0. The first kappa shape index (κ1) is 16.9. The zero-order chi connectivity index (χ0) is 17.0. The monoisotopic (exact) mass is 313 g/mol. The van der Waals surface area contributed by atoms with Crippen LogP contribution in [0.4, 0.5) is 5.69 Å². The Labute approximate surface area is 137 Å². The zero-order valence-electron chi connectivity index (χ0n) is 13.8. The summed E-state index contributed by atoms with van der Waals surface area (Å²) in [5.41, 5.74) is 1.65. The van der Waals surface area contributed by atoms with E-state index in [1.54, 1.807) is 11.0 Å². The van der Waals surface area contributed by atoms with Crippen molar-refractivity contribution < 1.29 is 15.0 Å². The van der Waals surface area contributed by atoms with Gasteiger partial charge in [-0.1, -0.05) is 39.0 Å². The predicted molar refractivity (Wildman–Crippen MR) is 92.3 cm³/mol. The number of nitrogens with zero attached hydrogens (tertiary/aromatic N) is 1. The predicted octanol–water partition coefficient (Wildman–Crippen LogP) is 4.28. The van der Waals surface area contributed by atoms with E-state index < -0.39 is 0 Å². The molecule has 0 aliphatic rings. The molecule has 1 amide bonds. The van der Waals surface area contributed by atoms with Crippen LogP contribution in [0.15, 0.2) is 42.5 Å². The highest BCUT2D eigenvalue weighted by atomic mass is 16.3. The molecule has 2 aromatic carbocycles. The summed E-state index contributed by atoms with van der Waals surface area (Å²) in [6, 6.07) is 12.2. The summed E-state index contributed by atoms with van der Waals surface area (Å²) in [7, 11) is 0. The van der Waals surface area contributed by atoms with E-state index in [4.69, 9.17) is 0 Å². The van der Waals surface area contributed by atoms with E-state index in [0.717, 1.165) is 12.1 Å². The van der Waals surface area contributed by atoms with Gasteiger partial charge < -0.3 is 15.1 Å². The van der Waals surface area contributed by atoms with Crippen molar-refractivity contribution in [1.82, 2.24) is 0 Å². The molecule has 0 heterocycles. The molecule has 2 aromatic rings. The van der Waals surface area contributed by atoms with Crippen LogP contribution in [0.25, 0.3) is 0 Å². The highest BCUT2D eigenvalue weighted by molar-refractivity contribution is 6.08. The molecule has 0 spiro atoms. The van der Waals surface area contributed by atoms with Crippen molar-refractivity contribution in [3.05, 3.63) is 53.6 Å². The number of benzene rings is 2. The Hall–Kier alpha value is -2.49. The topological polar surface area (TPSA) is 60.8 Å². The van der Waals surface area contributed by atoms with Crippen molar-refractivity contribution in [3.8, 4) is 11.5 Å². The van der Waals surface area contributed by atoms with Crippen LogP contribution in [0.1, 0.15) is 49.0 Å². The van der Waals surface area contributed by atoms with Gasteiger partial charge in [0.2, 0.25) is 0 Å². The van der Waals surface area contributed by atoms with Gasteiger partial charge in [-0.2, -0.15) is 0 Å². The van der Waals surface area contributed by atoms with E-state index in [1.807, 2.05) is 51.1 Å². The molecule has 0 saturated heterocycles. The lowest BCUT2D eigenvalue weighted by Gasteiger charge is -2.23. The van der Waals surface area contributed by atoms with E-state index in [0.29, 0.717) is 12.1 Å². The largest absolute Gasteiger partial charge is 0.508 e. The molecule has 0 atom stereocenters. The lowest BCUT2D eigenvalue weighted by atomic mass is 9.98. The van der Waals surface area contributed by atoms with Gasteiger partial charge in [0.1, 0.15) is 11.5 Å². The highest BCUT2D eigenvalue weighted by Gasteiger charge is 2.22. The number of phenols is 2. The molecular formula is C19H23NO3. The standard InChI is InChI=1S/C19H23NO3/c1-4-10-20(14-8-6-5-7-9-14)19(23)16-11-15(13(2)3)17(21)12-18(16)22/h5-9,11-13,21-22H,4,10H2,1-3H3. The quantitative estimate of drug-likeness (QED) is 0.866. The molecule has 2 N–H and O–H groups in total. The maximum atomic E-state index is 12.9. The summed E-state index contributed by atoms with van der Waals surface area (Å²) in [6.07, 6.45) is 0.802. The minimum Gasteiger partial charge on any atom is -0.508 e. The van der Waals surface area contributed by atoms with Gasteiger partial charge >= 0.3 is 0 Å². The number of phenolic OH excluding ortho intramolecular Hbond substituents is 2. The first-order valence-corrected chi connectivity index (χ1v) is 7.88. The van der Waals surface area contributed by atoms with Gasteiger partial charge in [-0.3, -0.25) is 4.79 Å². The molecule has 0 aromatic heterocycles. The van der Waals surface area contributed by atoms with Crippen LogP contribution < -0.4 is 4.90 Å². The van der Waals surface area contributed by atoms with Crippen LogP contribution in [0.3, 0.4) is 0 Å². The minimum atomic E-state index is -0.266. The molecule has 0 saturated carbocycles. The van der Waals surface area contributed by atoms with E-state index in [-0.39, 0.29) is 28.9 Å². The van der Waals surface area contributed by atoms with Crippen LogP contribution in [0.5, 0.6) is 11.5 Å². The molecule has 23 heavy (non-hydrogen) atoms. The third-order valence-corrected chi connectivity index (χ3v) is 3.76. The van der Waals surface area contributed by atoms with Crippen LogP contribution in [0.2, 0.25) is 0 Å². The molecule has 122 valence electrons. The molecule has 0 radical (unpaired) electrons. The molecule has 2 rings (SSSR count). The van der Waals surface area contributed by atoms with Gasteiger partial charge in [-0.05, 0) is 36.1 Å². The maximum Gasteiger partial charge on any atom is 0.262 e. The Morgan fingerprint density at radius 2 is 1.74 bits per heavy atom. The molecular weight excluding hydrogens is 290 g/mol.